The van der Waals surface area contributed by atoms with Crippen molar-refractivity contribution in [1.29, 1.82) is 5.26 Å². The smallest absolute Gasteiger partial charge is 0.333 e. The number of likely N-dealkylation sites (N-methyl/N-ethyl adjacent to an activating group) is 1. The van der Waals surface area contributed by atoms with Gasteiger partial charge >= 0.3 is 5.97 Å². The summed E-state index contributed by atoms with van der Waals surface area (Å²) < 4.78 is 22.8. The number of methoxy groups -OCH3 is 1. The van der Waals surface area contributed by atoms with E-state index in [0.29, 0.717) is 44.9 Å². The number of nitriles is 1. The summed E-state index contributed by atoms with van der Waals surface area (Å²) in [4.78, 5) is 44.2. The highest BCUT2D eigenvalue weighted by atomic mass is 16.7. The molecule has 5 aliphatic rings. The van der Waals surface area contributed by atoms with Crippen LogP contribution in [0.2, 0.25) is 0 Å². The van der Waals surface area contributed by atoms with Crippen LogP contribution in [0.3, 0.4) is 0 Å². The van der Waals surface area contributed by atoms with Crippen LogP contribution in [0.1, 0.15) is 49.9 Å². The summed E-state index contributed by atoms with van der Waals surface area (Å²) in [7, 11) is 3.24. The molecule has 0 saturated carbocycles. The van der Waals surface area contributed by atoms with E-state index in [1.807, 2.05) is 16.8 Å². The van der Waals surface area contributed by atoms with Crippen molar-refractivity contribution >= 4 is 17.5 Å². The molecule has 4 aliphatic heterocycles. The Kier molecular flexibility index (Phi) is 6.66. The predicted octanol–water partition coefficient (Wildman–Crippen LogP) is 2.55. The lowest BCUT2D eigenvalue weighted by molar-refractivity contribution is -0.144. The molecule has 1 N–H and O–H groups in total. The summed E-state index contributed by atoms with van der Waals surface area (Å²) >= 11 is 0. The van der Waals surface area contributed by atoms with Gasteiger partial charge in [0, 0.05) is 51.1 Å². The molecule has 0 aromatic heterocycles. The standard InChI is InChI=1S/C31H33N3O8/c1-7-13(2)31(38)40-11-21-22-16(26(36)15(4)29-30(22)42-12-41-29)9-19-24-23-17(25(35)14(3)28(39-6)27(23)37)8-18(33(24)5)20(10-32)34(19)21/h7,18-21,24,36H,8-9,11-12H2,1-6H3/b13-7-/t18-,19+,20+,21+,24-/m1/s1. The van der Waals surface area contributed by atoms with E-state index in [0.717, 1.165) is 0 Å². The summed E-state index contributed by atoms with van der Waals surface area (Å²) in [6, 6.07) is -0.520. The topological polar surface area (TPSA) is 139 Å². The molecule has 0 amide bonds. The van der Waals surface area contributed by atoms with Gasteiger partial charge in [0.25, 0.3) is 0 Å². The number of phenols is 1. The quantitative estimate of drug-likeness (QED) is 0.322. The molecule has 220 valence electrons. The largest absolute Gasteiger partial charge is 0.507 e. The number of piperazine rings is 1. The second kappa shape index (κ2) is 10.00. The number of Topliss-reactive ketones (excluding diaryl/α,β-unsaturated/α-hetero) is 2. The Morgan fingerprint density at radius 2 is 1.88 bits per heavy atom. The maximum absolute atomic E-state index is 13.9. The highest BCUT2D eigenvalue weighted by Crippen LogP contribution is 2.56. The van der Waals surface area contributed by atoms with Gasteiger partial charge in [-0.05, 0) is 47.6 Å². The molecule has 11 heteroatoms. The van der Waals surface area contributed by atoms with E-state index >= 15 is 0 Å². The Balaban J connectivity index is 1.56. The minimum absolute atomic E-state index is 0.0186. The molecule has 1 aliphatic carbocycles. The minimum Gasteiger partial charge on any atom is -0.507 e. The molecule has 1 aromatic carbocycles. The molecular formula is C31H33N3O8. The van der Waals surface area contributed by atoms with Crippen molar-refractivity contribution in [3.8, 4) is 23.3 Å². The van der Waals surface area contributed by atoms with Crippen molar-refractivity contribution in [2.24, 2.45) is 0 Å². The monoisotopic (exact) mass is 575 g/mol. The van der Waals surface area contributed by atoms with Gasteiger partial charge in [-0.15, -0.1) is 0 Å². The van der Waals surface area contributed by atoms with Crippen LogP contribution in [0.15, 0.2) is 34.1 Å². The second-order valence-corrected chi connectivity index (χ2v) is 11.4. The molecule has 0 spiro atoms. The van der Waals surface area contributed by atoms with Crippen LogP contribution in [-0.2, 0) is 30.3 Å². The number of hydrogen-bond acceptors (Lipinski definition) is 11. The average Bonchev–Trinajstić information content (AvgIpc) is 3.47. The molecule has 4 heterocycles. The van der Waals surface area contributed by atoms with E-state index in [1.54, 1.807) is 33.8 Å². The molecule has 5 atom stereocenters. The molecule has 2 bridgehead atoms. The fraction of sp³-hybridized carbons (Fsp3) is 0.484. The van der Waals surface area contributed by atoms with Crippen molar-refractivity contribution in [3.05, 3.63) is 50.8 Å². The Hall–Kier alpha value is -4.14. The molecule has 1 aromatic rings. The van der Waals surface area contributed by atoms with Crippen LogP contribution in [0.5, 0.6) is 17.2 Å². The van der Waals surface area contributed by atoms with E-state index in [2.05, 4.69) is 6.07 Å². The van der Waals surface area contributed by atoms with Gasteiger partial charge in [-0.1, -0.05) is 6.08 Å². The van der Waals surface area contributed by atoms with Gasteiger partial charge in [0.15, 0.2) is 23.0 Å². The van der Waals surface area contributed by atoms with Gasteiger partial charge in [-0.2, -0.15) is 5.26 Å². The highest BCUT2D eigenvalue weighted by Gasteiger charge is 2.59. The number of aromatic hydroxyl groups is 1. The minimum atomic E-state index is -0.734. The number of fused-ring (bicyclic) bond motifs is 8. The summed E-state index contributed by atoms with van der Waals surface area (Å²) in [5.41, 5.74) is 3.15. The molecule has 11 nitrogen and oxygen atoms in total. The summed E-state index contributed by atoms with van der Waals surface area (Å²) in [6.07, 6.45) is 2.11. The Labute approximate surface area is 243 Å². The fourth-order valence-electron chi connectivity index (χ4n) is 7.40. The third-order valence-electron chi connectivity index (χ3n) is 9.57. The van der Waals surface area contributed by atoms with Crippen LogP contribution in [-0.4, -0.2) is 84.2 Å². The average molecular weight is 576 g/mol. The molecular weight excluding hydrogens is 542 g/mol. The number of phenolic OH excluding ortho intramolecular Hbond substituents is 1. The number of carbonyl (C=O) groups is 3. The van der Waals surface area contributed by atoms with Crippen molar-refractivity contribution < 1.29 is 38.4 Å². The Bertz CT molecular complexity index is 1580. The van der Waals surface area contributed by atoms with Gasteiger partial charge in [0.1, 0.15) is 18.4 Å². The van der Waals surface area contributed by atoms with Crippen molar-refractivity contribution in [2.75, 3.05) is 27.6 Å². The van der Waals surface area contributed by atoms with Gasteiger partial charge < -0.3 is 24.1 Å². The van der Waals surface area contributed by atoms with Crippen LogP contribution in [0, 0.1) is 18.3 Å². The molecule has 6 rings (SSSR count). The summed E-state index contributed by atoms with van der Waals surface area (Å²) in [5, 5.41) is 22.1. The van der Waals surface area contributed by atoms with E-state index in [9.17, 15) is 24.8 Å². The van der Waals surface area contributed by atoms with Crippen LogP contribution in [0.4, 0.5) is 0 Å². The van der Waals surface area contributed by atoms with Crippen LogP contribution >= 0.6 is 0 Å². The number of ketones is 2. The molecule has 0 unspecified atom stereocenters. The zero-order valence-electron chi connectivity index (χ0n) is 24.4. The first kappa shape index (κ1) is 28.0. The number of esters is 1. The lowest BCUT2D eigenvalue weighted by Crippen LogP contribution is -2.72. The Morgan fingerprint density at radius 1 is 1.17 bits per heavy atom. The lowest BCUT2D eigenvalue weighted by atomic mass is 9.69. The maximum Gasteiger partial charge on any atom is 0.333 e. The highest BCUT2D eigenvalue weighted by molar-refractivity contribution is 6.25. The van der Waals surface area contributed by atoms with E-state index in [4.69, 9.17) is 18.9 Å². The summed E-state index contributed by atoms with van der Waals surface area (Å²) in [5.74, 6) is -0.191. The molecule has 1 fully saturated rings. The molecule has 0 radical (unpaired) electrons. The van der Waals surface area contributed by atoms with Crippen LogP contribution < -0.4 is 9.47 Å². The van der Waals surface area contributed by atoms with E-state index in [1.165, 1.54) is 7.11 Å². The van der Waals surface area contributed by atoms with Crippen molar-refractivity contribution in [3.63, 3.8) is 0 Å². The SMILES string of the molecule is C/C=C(/C)C(=O)OC[C@H]1c2c(c(O)c(C)c3c2OCO3)C[C@H]2[C@@H]3C4=C(C[C@H]([C@H](C#N)N12)N3C)C(=O)C(C)=C(OC)C4=O. The summed E-state index contributed by atoms with van der Waals surface area (Å²) in [6.45, 7) is 6.56. The fourth-order valence-corrected chi connectivity index (χ4v) is 7.40. The van der Waals surface area contributed by atoms with Gasteiger partial charge in [0.2, 0.25) is 12.6 Å². The van der Waals surface area contributed by atoms with E-state index < -0.39 is 36.2 Å². The number of hydrogen-bond donors (Lipinski definition) is 1. The molecule has 1 saturated heterocycles. The zero-order valence-corrected chi connectivity index (χ0v) is 24.4. The number of carbonyl (C=O) groups excluding carboxylic acids is 3. The third-order valence-corrected chi connectivity index (χ3v) is 9.57. The first-order valence-electron chi connectivity index (χ1n) is 14.0. The maximum atomic E-state index is 13.9. The zero-order chi connectivity index (χ0) is 30.2. The normalized spacial score (nSPS) is 28.7. The first-order chi connectivity index (χ1) is 20.1. The van der Waals surface area contributed by atoms with Crippen molar-refractivity contribution in [2.45, 2.75) is 70.7 Å². The van der Waals surface area contributed by atoms with Crippen LogP contribution in [0.25, 0.3) is 0 Å². The van der Waals surface area contributed by atoms with Gasteiger partial charge in [-0.3, -0.25) is 19.4 Å². The van der Waals surface area contributed by atoms with Gasteiger partial charge in [0.05, 0.1) is 25.3 Å². The number of benzene rings is 1. The van der Waals surface area contributed by atoms with E-state index in [-0.39, 0.29) is 54.9 Å². The lowest BCUT2D eigenvalue weighted by Gasteiger charge is -2.60. The predicted molar refractivity (Wildman–Crippen MR) is 148 cm³/mol. The number of nitrogens with zero attached hydrogens (tertiary/aromatic N) is 3. The number of ether oxygens (including phenoxy) is 4. The number of rotatable bonds is 4. The second-order valence-electron chi connectivity index (χ2n) is 11.4. The van der Waals surface area contributed by atoms with Gasteiger partial charge in [-0.25, -0.2) is 4.79 Å². The van der Waals surface area contributed by atoms with Crippen molar-refractivity contribution in [1.82, 2.24) is 9.80 Å². The number of allylic oxidation sites excluding steroid dienone is 3. The first-order valence-corrected chi connectivity index (χ1v) is 14.0. The molecule has 42 heavy (non-hydrogen) atoms. The Morgan fingerprint density at radius 3 is 2.55 bits per heavy atom. The third kappa shape index (κ3) is 3.68.